The molecule has 0 aliphatic rings. The van der Waals surface area contributed by atoms with Crippen molar-refractivity contribution >= 4 is 11.9 Å². The molecule has 8 nitrogen and oxygen atoms in total. The molecule has 0 aromatic heterocycles. The molecule has 8 heteroatoms. The number of hydrogen-bond donors (Lipinski definition) is 0. The Morgan fingerprint density at radius 1 is 0.600 bits per heavy atom. The molecule has 0 N–H and O–H groups in total. The molecule has 0 saturated carbocycles. The molecule has 0 aliphatic carbocycles. The predicted molar refractivity (Wildman–Crippen MR) is 194 cm³/mol. The molecule has 0 spiro atoms. The number of carbonyl (C=O) groups excluding carboxylic acids is 2. The summed E-state index contributed by atoms with van der Waals surface area (Å²) in [5.41, 5.74) is 3.64. The Balaban J connectivity index is 1.40. The molecule has 3 rings (SSSR count). The topological polar surface area (TPSA) is 89.5 Å². The molecule has 0 fully saturated rings. The van der Waals surface area contributed by atoms with Gasteiger partial charge in [0.25, 0.3) is 0 Å². The second-order valence-corrected chi connectivity index (χ2v) is 10.6. The van der Waals surface area contributed by atoms with Crippen molar-refractivity contribution in [2.75, 3.05) is 39.6 Å². The molecule has 0 amide bonds. The zero-order valence-corrected chi connectivity index (χ0v) is 29.3. The largest absolute Gasteiger partial charge is 0.490 e. The smallest absolute Gasteiger partial charge is 0.335 e. The monoisotopic (exact) mass is 678 g/mol. The van der Waals surface area contributed by atoms with E-state index in [1.807, 2.05) is 98.8 Å². The van der Waals surface area contributed by atoms with E-state index in [2.05, 4.69) is 23.7 Å². The minimum atomic E-state index is -0.618. The van der Waals surface area contributed by atoms with E-state index in [0.29, 0.717) is 52.5 Å². The van der Waals surface area contributed by atoms with Crippen molar-refractivity contribution in [1.29, 1.82) is 0 Å². The van der Waals surface area contributed by atoms with Crippen molar-refractivity contribution in [3.8, 4) is 35.2 Å². The van der Waals surface area contributed by atoms with Crippen molar-refractivity contribution in [3.05, 3.63) is 119 Å². The fourth-order valence-corrected chi connectivity index (χ4v) is 4.59. The summed E-state index contributed by atoms with van der Waals surface area (Å²) in [4.78, 5) is 24.2. The molecule has 2 atom stereocenters. The second-order valence-electron chi connectivity index (χ2n) is 10.6. The third-order valence-corrected chi connectivity index (χ3v) is 6.91. The van der Waals surface area contributed by atoms with Crippen molar-refractivity contribution in [2.45, 2.75) is 52.7 Å². The molecule has 0 heterocycles. The van der Waals surface area contributed by atoms with Gasteiger partial charge in [-0.3, -0.25) is 0 Å². The Morgan fingerprint density at radius 3 is 1.40 bits per heavy atom. The van der Waals surface area contributed by atoms with Gasteiger partial charge < -0.3 is 28.4 Å². The quantitative estimate of drug-likeness (QED) is 0.109. The molecule has 50 heavy (non-hydrogen) atoms. The average Bonchev–Trinajstić information content (AvgIpc) is 3.12. The first kappa shape index (κ1) is 39.2. The van der Waals surface area contributed by atoms with E-state index in [1.54, 1.807) is 26.0 Å². The first-order chi connectivity index (χ1) is 24.4. The lowest BCUT2D eigenvalue weighted by Gasteiger charge is -2.15. The number of allylic oxidation sites excluding steroid dienone is 2. The Kier molecular flexibility index (Phi) is 18.1. The van der Waals surface area contributed by atoms with Crippen LogP contribution in [0.4, 0.5) is 0 Å². The Morgan fingerprint density at radius 2 is 1.02 bits per heavy atom. The molecule has 0 aliphatic heterocycles. The predicted octanol–water partition coefficient (Wildman–Crippen LogP) is 6.68. The highest BCUT2D eigenvalue weighted by Gasteiger charge is 2.21. The SMILES string of the molecule is CCOC(=O)C(Cc1ccc(OCC=CC#Cc2cccc(C#CC=CCOc3ccc(CC(OCC)C(=O)OCC)cc3)c2)cc1)OCC. The van der Waals surface area contributed by atoms with Crippen LogP contribution in [0.25, 0.3) is 0 Å². The molecule has 262 valence electrons. The van der Waals surface area contributed by atoms with Crippen LogP contribution >= 0.6 is 0 Å². The summed E-state index contributed by atoms with van der Waals surface area (Å²) in [5, 5.41) is 0. The minimum absolute atomic E-state index is 0.322. The van der Waals surface area contributed by atoms with Crippen LogP contribution in [0.15, 0.2) is 97.1 Å². The fourth-order valence-electron chi connectivity index (χ4n) is 4.59. The van der Waals surface area contributed by atoms with Gasteiger partial charge in [-0.05, 0) is 106 Å². The molecule has 0 bridgehead atoms. The maximum absolute atomic E-state index is 12.1. The molecular formula is C42H46O8. The Hall–Kier alpha value is -5.28. The van der Waals surface area contributed by atoms with Gasteiger partial charge in [0.05, 0.1) is 13.2 Å². The van der Waals surface area contributed by atoms with Crippen LogP contribution in [-0.4, -0.2) is 63.8 Å². The van der Waals surface area contributed by atoms with Crippen LogP contribution < -0.4 is 9.47 Å². The fraction of sp³-hybridized carbons (Fsp3) is 0.333. The summed E-state index contributed by atoms with van der Waals surface area (Å²) in [6.07, 6.45) is 6.86. The van der Waals surface area contributed by atoms with Crippen molar-refractivity contribution in [2.24, 2.45) is 0 Å². The lowest BCUT2D eigenvalue weighted by Crippen LogP contribution is -2.28. The first-order valence-corrected chi connectivity index (χ1v) is 16.9. The van der Waals surface area contributed by atoms with E-state index in [4.69, 9.17) is 28.4 Å². The highest BCUT2D eigenvalue weighted by Crippen LogP contribution is 2.16. The van der Waals surface area contributed by atoms with Crippen molar-refractivity contribution in [3.63, 3.8) is 0 Å². The first-order valence-electron chi connectivity index (χ1n) is 16.9. The van der Waals surface area contributed by atoms with Gasteiger partial charge in [0.1, 0.15) is 24.7 Å². The normalized spacial score (nSPS) is 11.9. The lowest BCUT2D eigenvalue weighted by molar-refractivity contribution is -0.157. The lowest BCUT2D eigenvalue weighted by atomic mass is 10.1. The maximum atomic E-state index is 12.1. The summed E-state index contributed by atoms with van der Waals surface area (Å²) in [6, 6.07) is 22.9. The summed E-state index contributed by atoms with van der Waals surface area (Å²) in [7, 11) is 0. The van der Waals surface area contributed by atoms with Crippen LogP contribution in [0.2, 0.25) is 0 Å². The number of rotatable bonds is 18. The van der Waals surface area contributed by atoms with E-state index >= 15 is 0 Å². The maximum Gasteiger partial charge on any atom is 0.335 e. The Bertz CT molecular complexity index is 1530. The van der Waals surface area contributed by atoms with Gasteiger partial charge in [-0.25, -0.2) is 9.59 Å². The zero-order valence-electron chi connectivity index (χ0n) is 29.3. The van der Waals surface area contributed by atoms with Gasteiger partial charge in [0, 0.05) is 37.2 Å². The number of hydrogen-bond acceptors (Lipinski definition) is 8. The molecule has 2 unspecified atom stereocenters. The van der Waals surface area contributed by atoms with E-state index in [9.17, 15) is 9.59 Å². The van der Waals surface area contributed by atoms with Crippen molar-refractivity contribution in [1.82, 2.24) is 0 Å². The highest BCUT2D eigenvalue weighted by atomic mass is 16.6. The summed E-state index contributed by atoms with van der Waals surface area (Å²) in [6.45, 7) is 9.53. The van der Waals surface area contributed by atoms with Crippen LogP contribution in [0.3, 0.4) is 0 Å². The summed E-state index contributed by atoms with van der Waals surface area (Å²) in [5.74, 6) is 13.0. The summed E-state index contributed by atoms with van der Waals surface area (Å²) >= 11 is 0. The van der Waals surface area contributed by atoms with Gasteiger partial charge in [-0.15, -0.1) is 0 Å². The van der Waals surface area contributed by atoms with Gasteiger partial charge in [0.15, 0.2) is 12.2 Å². The molecule has 0 radical (unpaired) electrons. The summed E-state index contributed by atoms with van der Waals surface area (Å²) < 4.78 is 32.8. The van der Waals surface area contributed by atoms with Gasteiger partial charge >= 0.3 is 11.9 Å². The third-order valence-electron chi connectivity index (χ3n) is 6.91. The number of carbonyl (C=O) groups is 2. The van der Waals surface area contributed by atoms with Crippen LogP contribution in [0, 0.1) is 23.7 Å². The molecule has 0 saturated heterocycles. The second kappa shape index (κ2) is 23.1. The molecular weight excluding hydrogens is 632 g/mol. The van der Waals surface area contributed by atoms with E-state index in [0.717, 1.165) is 33.8 Å². The molecule has 3 aromatic rings. The Labute approximate surface area is 296 Å². The van der Waals surface area contributed by atoms with Gasteiger partial charge in [0.2, 0.25) is 0 Å². The zero-order chi connectivity index (χ0) is 35.8. The van der Waals surface area contributed by atoms with Gasteiger partial charge in [-0.2, -0.15) is 0 Å². The highest BCUT2D eigenvalue weighted by molar-refractivity contribution is 5.75. The van der Waals surface area contributed by atoms with Gasteiger partial charge in [-0.1, -0.05) is 54.0 Å². The van der Waals surface area contributed by atoms with E-state index < -0.39 is 12.2 Å². The van der Waals surface area contributed by atoms with Crippen LogP contribution in [-0.2, 0) is 41.4 Å². The molecule has 3 aromatic carbocycles. The van der Waals surface area contributed by atoms with Crippen molar-refractivity contribution < 1.29 is 38.0 Å². The number of esters is 2. The van der Waals surface area contributed by atoms with Crippen LogP contribution in [0.5, 0.6) is 11.5 Å². The average molecular weight is 679 g/mol. The standard InChI is InChI=1S/C42H46O8/c1-5-45-39(41(43)47-7-3)31-35-20-24-37(25-21-35)49-28-13-9-11-16-33-18-15-19-34(30-33)17-12-10-14-29-50-38-26-22-36(23-27-38)32-40(46-6-2)42(44)48-8-4/h9-10,13-15,18-27,30,39-40H,5-8,28-29,31-32H2,1-4H3. The van der Waals surface area contributed by atoms with Crippen LogP contribution in [0.1, 0.15) is 49.9 Å². The third kappa shape index (κ3) is 14.9. The number of ether oxygens (including phenoxy) is 6. The van der Waals surface area contributed by atoms with E-state index in [1.165, 1.54) is 0 Å². The van der Waals surface area contributed by atoms with E-state index in [-0.39, 0.29) is 11.9 Å². The number of benzene rings is 3. The minimum Gasteiger partial charge on any atom is -0.490 e.